The second-order valence-electron chi connectivity index (χ2n) is 5.10. The Kier molecular flexibility index (Phi) is 4.57. The molecule has 2 N–H and O–H groups in total. The predicted molar refractivity (Wildman–Crippen MR) is 86.0 cm³/mol. The first-order valence-corrected chi connectivity index (χ1v) is 7.44. The third kappa shape index (κ3) is 3.77. The summed E-state index contributed by atoms with van der Waals surface area (Å²) < 4.78 is 20.1. The largest absolute Gasteiger partial charge is 0.486 e. The maximum absolute atomic E-state index is 13.0. The zero-order chi connectivity index (χ0) is 17.1. The van der Waals surface area contributed by atoms with Crippen molar-refractivity contribution in [3.63, 3.8) is 0 Å². The standard InChI is InChI=1S/C15H14ClFN6O/c1-9-19-5-10(15(18)20-9)6-23-7-12(21-22-23)8-24-14-3-2-11(17)4-13(14)16/h2-5,7H,6,8H2,1H3,(H2,18,19,20). The minimum absolute atomic E-state index is 0.158. The Morgan fingerprint density at radius 2 is 2.21 bits per heavy atom. The van der Waals surface area contributed by atoms with Crippen LogP contribution in [0.1, 0.15) is 17.1 Å². The highest BCUT2D eigenvalue weighted by molar-refractivity contribution is 6.32. The SMILES string of the molecule is Cc1ncc(Cn2cc(COc3ccc(F)cc3Cl)nn2)c(N)n1. The number of halogens is 2. The molecule has 0 fully saturated rings. The molecule has 1 aromatic carbocycles. The number of benzene rings is 1. The molecule has 7 nitrogen and oxygen atoms in total. The van der Waals surface area contributed by atoms with Crippen LogP contribution in [0.2, 0.25) is 5.02 Å². The van der Waals surface area contributed by atoms with Gasteiger partial charge in [-0.1, -0.05) is 16.8 Å². The van der Waals surface area contributed by atoms with E-state index in [1.807, 2.05) is 0 Å². The topological polar surface area (TPSA) is 91.7 Å². The average Bonchev–Trinajstić information content (AvgIpc) is 2.97. The fourth-order valence-electron chi connectivity index (χ4n) is 2.03. The molecule has 0 saturated carbocycles. The van der Waals surface area contributed by atoms with E-state index >= 15 is 0 Å². The molecule has 9 heteroatoms. The molecule has 2 heterocycles. The highest BCUT2D eigenvalue weighted by Crippen LogP contribution is 2.25. The van der Waals surface area contributed by atoms with Gasteiger partial charge < -0.3 is 10.5 Å². The lowest BCUT2D eigenvalue weighted by molar-refractivity contribution is 0.301. The molecule has 0 atom stereocenters. The predicted octanol–water partition coefficient (Wildman–Crippen LogP) is 2.38. The number of nitrogen functional groups attached to an aromatic ring is 1. The number of nitrogens with two attached hydrogens (primary N) is 1. The molecular formula is C15H14ClFN6O. The number of aryl methyl sites for hydroxylation is 1. The van der Waals surface area contributed by atoms with Crippen LogP contribution in [-0.4, -0.2) is 25.0 Å². The van der Waals surface area contributed by atoms with Crippen molar-refractivity contribution in [2.24, 2.45) is 0 Å². The van der Waals surface area contributed by atoms with Gasteiger partial charge in [0.15, 0.2) is 0 Å². The molecule has 0 amide bonds. The van der Waals surface area contributed by atoms with Crippen LogP contribution in [0.4, 0.5) is 10.2 Å². The highest BCUT2D eigenvalue weighted by atomic mass is 35.5. The zero-order valence-corrected chi connectivity index (χ0v) is 13.5. The van der Waals surface area contributed by atoms with Gasteiger partial charge in [-0.15, -0.1) is 5.10 Å². The van der Waals surface area contributed by atoms with E-state index in [1.54, 1.807) is 24.0 Å². The summed E-state index contributed by atoms with van der Waals surface area (Å²) in [4.78, 5) is 8.22. The second-order valence-corrected chi connectivity index (χ2v) is 5.51. The van der Waals surface area contributed by atoms with Crippen LogP contribution >= 0.6 is 11.6 Å². The van der Waals surface area contributed by atoms with E-state index in [0.717, 1.165) is 5.56 Å². The Morgan fingerprint density at radius 3 is 2.96 bits per heavy atom. The van der Waals surface area contributed by atoms with Crippen LogP contribution in [0.25, 0.3) is 0 Å². The zero-order valence-electron chi connectivity index (χ0n) is 12.8. The van der Waals surface area contributed by atoms with Crippen molar-refractivity contribution in [1.82, 2.24) is 25.0 Å². The second kappa shape index (κ2) is 6.79. The quantitative estimate of drug-likeness (QED) is 0.761. The summed E-state index contributed by atoms with van der Waals surface area (Å²) >= 11 is 5.90. The van der Waals surface area contributed by atoms with Crippen LogP contribution in [0, 0.1) is 12.7 Å². The molecule has 24 heavy (non-hydrogen) atoms. The summed E-state index contributed by atoms with van der Waals surface area (Å²) in [7, 11) is 0. The van der Waals surface area contributed by atoms with E-state index < -0.39 is 5.82 Å². The number of aromatic nitrogens is 5. The van der Waals surface area contributed by atoms with Crippen molar-refractivity contribution in [1.29, 1.82) is 0 Å². The lowest BCUT2D eigenvalue weighted by atomic mass is 10.3. The molecule has 0 saturated heterocycles. The van der Waals surface area contributed by atoms with E-state index in [4.69, 9.17) is 22.1 Å². The lowest BCUT2D eigenvalue weighted by Gasteiger charge is -2.06. The van der Waals surface area contributed by atoms with E-state index in [2.05, 4.69) is 20.3 Å². The minimum atomic E-state index is -0.420. The number of nitrogens with zero attached hydrogens (tertiary/aromatic N) is 5. The molecule has 124 valence electrons. The van der Waals surface area contributed by atoms with Crippen molar-refractivity contribution in [2.75, 3.05) is 5.73 Å². The Hall–Kier alpha value is -2.74. The molecule has 2 aromatic heterocycles. The third-order valence-corrected chi connectivity index (χ3v) is 3.50. The van der Waals surface area contributed by atoms with E-state index in [-0.39, 0.29) is 11.6 Å². The number of anilines is 1. The Balaban J connectivity index is 1.65. The molecule has 3 rings (SSSR count). The van der Waals surface area contributed by atoms with Crippen LogP contribution in [0.15, 0.2) is 30.6 Å². The first-order valence-electron chi connectivity index (χ1n) is 7.06. The van der Waals surface area contributed by atoms with E-state index in [0.29, 0.717) is 29.6 Å². The number of hydrogen-bond donors (Lipinski definition) is 1. The van der Waals surface area contributed by atoms with Gasteiger partial charge in [0.05, 0.1) is 17.8 Å². The number of ether oxygens (including phenoxy) is 1. The smallest absolute Gasteiger partial charge is 0.138 e. The van der Waals surface area contributed by atoms with Gasteiger partial charge in [0.2, 0.25) is 0 Å². The summed E-state index contributed by atoms with van der Waals surface area (Å²) in [6.07, 6.45) is 3.38. The highest BCUT2D eigenvalue weighted by Gasteiger charge is 2.08. The summed E-state index contributed by atoms with van der Waals surface area (Å²) in [5.74, 6) is 0.981. The van der Waals surface area contributed by atoms with Crippen LogP contribution in [0.5, 0.6) is 5.75 Å². The summed E-state index contributed by atoms with van der Waals surface area (Å²) in [6.45, 7) is 2.33. The Morgan fingerprint density at radius 1 is 1.38 bits per heavy atom. The molecular weight excluding hydrogens is 335 g/mol. The van der Waals surface area contributed by atoms with Crippen molar-refractivity contribution in [3.8, 4) is 5.75 Å². The monoisotopic (exact) mass is 348 g/mol. The van der Waals surface area contributed by atoms with E-state index in [9.17, 15) is 4.39 Å². The fraction of sp³-hybridized carbons (Fsp3) is 0.200. The first-order chi connectivity index (χ1) is 11.5. The Bertz CT molecular complexity index is 869. The molecule has 3 aromatic rings. The molecule has 0 bridgehead atoms. The van der Waals surface area contributed by atoms with E-state index in [1.165, 1.54) is 18.2 Å². The summed E-state index contributed by atoms with van der Waals surface area (Å²) in [5, 5.41) is 8.22. The summed E-state index contributed by atoms with van der Waals surface area (Å²) in [5.41, 5.74) is 7.21. The molecule has 0 aliphatic heterocycles. The Labute approximate surface area is 142 Å². The molecule has 0 spiro atoms. The van der Waals surface area contributed by atoms with Crippen molar-refractivity contribution in [2.45, 2.75) is 20.1 Å². The van der Waals surface area contributed by atoms with Crippen molar-refractivity contribution >= 4 is 17.4 Å². The fourth-order valence-corrected chi connectivity index (χ4v) is 2.26. The first kappa shape index (κ1) is 16.1. The van der Waals surface area contributed by atoms with Crippen molar-refractivity contribution in [3.05, 3.63) is 58.5 Å². The van der Waals surface area contributed by atoms with Crippen LogP contribution < -0.4 is 10.5 Å². The van der Waals surface area contributed by atoms with Crippen LogP contribution in [-0.2, 0) is 13.2 Å². The molecule has 0 unspecified atom stereocenters. The maximum Gasteiger partial charge on any atom is 0.138 e. The lowest BCUT2D eigenvalue weighted by Crippen LogP contribution is -2.07. The third-order valence-electron chi connectivity index (χ3n) is 3.21. The number of rotatable bonds is 5. The molecule has 0 radical (unpaired) electrons. The van der Waals surface area contributed by atoms with Gasteiger partial charge in [0.1, 0.15) is 35.5 Å². The van der Waals surface area contributed by atoms with Gasteiger partial charge >= 0.3 is 0 Å². The van der Waals surface area contributed by atoms with Gasteiger partial charge in [-0.25, -0.2) is 19.0 Å². The maximum atomic E-state index is 13.0. The normalized spacial score (nSPS) is 10.8. The molecule has 0 aliphatic rings. The summed E-state index contributed by atoms with van der Waals surface area (Å²) in [6, 6.07) is 3.93. The van der Waals surface area contributed by atoms with Gasteiger partial charge in [-0.05, 0) is 25.1 Å². The van der Waals surface area contributed by atoms with Gasteiger partial charge in [-0.3, -0.25) is 0 Å². The minimum Gasteiger partial charge on any atom is -0.486 e. The average molecular weight is 349 g/mol. The number of hydrogen-bond acceptors (Lipinski definition) is 6. The van der Waals surface area contributed by atoms with Gasteiger partial charge in [0, 0.05) is 11.8 Å². The van der Waals surface area contributed by atoms with Crippen LogP contribution in [0.3, 0.4) is 0 Å². The van der Waals surface area contributed by atoms with Gasteiger partial charge in [-0.2, -0.15) is 0 Å². The van der Waals surface area contributed by atoms with Crippen molar-refractivity contribution < 1.29 is 9.13 Å². The molecule has 0 aliphatic carbocycles. The van der Waals surface area contributed by atoms with Gasteiger partial charge in [0.25, 0.3) is 0 Å².